The molecule has 2 aromatic carbocycles. The van der Waals surface area contributed by atoms with Gasteiger partial charge in [-0.2, -0.15) is 10.2 Å². The van der Waals surface area contributed by atoms with E-state index in [0.29, 0.717) is 39.6 Å². The second kappa shape index (κ2) is 9.13. The number of rotatable bonds is 5. The highest BCUT2D eigenvalue weighted by Crippen LogP contribution is 2.32. The van der Waals surface area contributed by atoms with Crippen molar-refractivity contribution < 1.29 is 14.3 Å². The number of fused-ring (bicyclic) bond motifs is 1. The number of carbonyl (C=O) groups is 1. The van der Waals surface area contributed by atoms with Crippen LogP contribution in [-0.4, -0.2) is 46.8 Å². The molecule has 186 valence electrons. The van der Waals surface area contributed by atoms with Gasteiger partial charge in [0, 0.05) is 55.8 Å². The third-order valence-corrected chi connectivity index (χ3v) is 7.16. The summed E-state index contributed by atoms with van der Waals surface area (Å²) in [4.78, 5) is 33.5. The molecule has 2 saturated heterocycles. The molecule has 0 spiro atoms. The Kier molecular flexibility index (Phi) is 5.64. The van der Waals surface area contributed by atoms with Gasteiger partial charge in [0.25, 0.3) is 6.01 Å². The first-order chi connectivity index (χ1) is 18.0. The molecule has 0 radical (unpaired) electrons. The number of nitriles is 1. The average molecular weight is 496 g/mol. The average Bonchev–Trinajstić information content (AvgIpc) is 3.69. The number of oxazole rings is 1. The smallest absolute Gasteiger partial charge is 0.341 e. The fourth-order valence-electron chi connectivity index (χ4n) is 5.24. The molecular formula is C28H25N5O4. The number of aromatic nitrogens is 2. The van der Waals surface area contributed by atoms with Crippen LogP contribution < -0.4 is 15.2 Å². The molecule has 0 amide bonds. The molecule has 4 aromatic rings. The fraction of sp³-hybridized carbons (Fsp3) is 0.286. The van der Waals surface area contributed by atoms with Crippen LogP contribution in [0.3, 0.4) is 0 Å². The third-order valence-electron chi connectivity index (χ3n) is 7.16. The molecule has 0 atom stereocenters. The molecule has 0 bridgehead atoms. The van der Waals surface area contributed by atoms with Crippen LogP contribution in [0.5, 0.6) is 0 Å². The van der Waals surface area contributed by atoms with Crippen LogP contribution in [0.25, 0.3) is 28.0 Å². The summed E-state index contributed by atoms with van der Waals surface area (Å²) in [6.45, 7) is 3.62. The first-order valence-corrected chi connectivity index (χ1v) is 12.5. The zero-order chi connectivity index (χ0) is 25.5. The molecule has 2 aliphatic heterocycles. The standard InChI is InChI=1S/C28H25N5O4/c29-16-19-13-18(5-8-23(19)31-9-1-2-10-31)24-15-25(34)21(27(35)36)17-33(24)20-6-7-22-26(14-20)37-28(30-22)32-11-3-4-12-32/h5-8,13-15,17H,1-4,9-12H2,(H,35,36). The maximum absolute atomic E-state index is 12.7. The molecule has 2 aliphatic rings. The summed E-state index contributed by atoms with van der Waals surface area (Å²) in [5, 5.41) is 19.5. The van der Waals surface area contributed by atoms with Crippen LogP contribution in [0, 0.1) is 11.3 Å². The van der Waals surface area contributed by atoms with Crippen LogP contribution in [-0.2, 0) is 0 Å². The number of benzene rings is 2. The summed E-state index contributed by atoms with van der Waals surface area (Å²) in [6.07, 6.45) is 5.71. The van der Waals surface area contributed by atoms with E-state index in [9.17, 15) is 20.0 Å². The predicted octanol–water partition coefficient (Wildman–Crippen LogP) is 4.42. The topological polar surface area (TPSA) is 116 Å². The van der Waals surface area contributed by atoms with Crippen LogP contribution in [0.1, 0.15) is 41.6 Å². The van der Waals surface area contributed by atoms with Crippen LogP contribution >= 0.6 is 0 Å². The highest BCUT2D eigenvalue weighted by atomic mass is 16.4. The third kappa shape index (κ3) is 4.10. The molecule has 6 rings (SSSR count). The lowest BCUT2D eigenvalue weighted by Gasteiger charge is -2.20. The van der Waals surface area contributed by atoms with Crippen molar-refractivity contribution in [1.82, 2.24) is 9.55 Å². The van der Waals surface area contributed by atoms with Gasteiger partial charge in [-0.3, -0.25) is 4.79 Å². The van der Waals surface area contributed by atoms with E-state index < -0.39 is 11.4 Å². The van der Waals surface area contributed by atoms with Gasteiger partial charge < -0.3 is 23.9 Å². The molecule has 0 unspecified atom stereocenters. The van der Waals surface area contributed by atoms with E-state index in [2.05, 4.69) is 20.9 Å². The molecule has 9 nitrogen and oxygen atoms in total. The van der Waals surface area contributed by atoms with Crippen molar-refractivity contribution in [3.8, 4) is 23.0 Å². The highest BCUT2D eigenvalue weighted by Gasteiger charge is 2.21. The van der Waals surface area contributed by atoms with Gasteiger partial charge in [-0.15, -0.1) is 0 Å². The predicted molar refractivity (Wildman–Crippen MR) is 140 cm³/mol. The van der Waals surface area contributed by atoms with Crippen molar-refractivity contribution >= 4 is 28.8 Å². The summed E-state index contributed by atoms with van der Waals surface area (Å²) in [5.41, 5.74) is 3.47. The van der Waals surface area contributed by atoms with Crippen LogP contribution in [0.4, 0.5) is 11.7 Å². The SMILES string of the molecule is N#Cc1cc(-c2cc(=O)c(C(=O)O)cn2-c2ccc3nc(N4CCCC4)oc3c2)ccc1N1CCCC1. The minimum absolute atomic E-state index is 0.339. The van der Waals surface area contributed by atoms with E-state index >= 15 is 0 Å². The van der Waals surface area contributed by atoms with Crippen molar-refractivity contribution in [3.05, 3.63) is 70.0 Å². The second-order valence-electron chi connectivity index (χ2n) is 9.49. The second-order valence-corrected chi connectivity index (χ2v) is 9.49. The number of hydrogen-bond acceptors (Lipinski definition) is 7. The Bertz CT molecular complexity index is 1620. The normalized spacial score (nSPS) is 15.4. The van der Waals surface area contributed by atoms with Gasteiger partial charge in [-0.1, -0.05) is 6.07 Å². The highest BCUT2D eigenvalue weighted by molar-refractivity contribution is 5.88. The van der Waals surface area contributed by atoms with Crippen molar-refractivity contribution in [2.75, 3.05) is 36.0 Å². The van der Waals surface area contributed by atoms with Crippen molar-refractivity contribution in [2.24, 2.45) is 0 Å². The molecular weight excluding hydrogens is 470 g/mol. The first-order valence-electron chi connectivity index (χ1n) is 12.5. The summed E-state index contributed by atoms with van der Waals surface area (Å²) in [5.74, 6) is -1.30. The van der Waals surface area contributed by atoms with Crippen molar-refractivity contribution in [3.63, 3.8) is 0 Å². The minimum atomic E-state index is -1.30. The number of hydrogen-bond donors (Lipinski definition) is 1. The van der Waals surface area contributed by atoms with Gasteiger partial charge in [0.05, 0.1) is 16.9 Å². The maximum atomic E-state index is 12.7. The van der Waals surface area contributed by atoms with E-state index in [1.807, 2.05) is 24.3 Å². The Morgan fingerprint density at radius 2 is 1.70 bits per heavy atom. The largest absolute Gasteiger partial charge is 0.477 e. The Labute approximate surface area is 212 Å². The van der Waals surface area contributed by atoms with Crippen molar-refractivity contribution in [1.29, 1.82) is 5.26 Å². The summed E-state index contributed by atoms with van der Waals surface area (Å²) >= 11 is 0. The molecule has 9 heteroatoms. The summed E-state index contributed by atoms with van der Waals surface area (Å²) in [6, 6.07) is 15.2. The van der Waals surface area contributed by atoms with Gasteiger partial charge in [0.2, 0.25) is 0 Å². The fourth-order valence-corrected chi connectivity index (χ4v) is 5.24. The molecule has 0 saturated carbocycles. The monoisotopic (exact) mass is 495 g/mol. The quantitative estimate of drug-likeness (QED) is 0.433. The zero-order valence-corrected chi connectivity index (χ0v) is 20.2. The molecule has 2 fully saturated rings. The van der Waals surface area contributed by atoms with Crippen molar-refractivity contribution in [2.45, 2.75) is 25.7 Å². The maximum Gasteiger partial charge on any atom is 0.341 e. The van der Waals surface area contributed by atoms with Crippen LogP contribution in [0.2, 0.25) is 0 Å². The van der Waals surface area contributed by atoms with Crippen LogP contribution in [0.15, 0.2) is 57.9 Å². The Hall–Kier alpha value is -4.58. The van der Waals surface area contributed by atoms with E-state index in [1.165, 1.54) is 12.3 Å². The molecule has 0 aliphatic carbocycles. The number of aromatic carboxylic acids is 1. The van der Waals surface area contributed by atoms with Gasteiger partial charge in [-0.05, 0) is 49.9 Å². The Morgan fingerprint density at radius 3 is 2.41 bits per heavy atom. The molecule has 37 heavy (non-hydrogen) atoms. The number of anilines is 2. The molecule has 1 N–H and O–H groups in total. The number of carboxylic acid groups (broad SMARTS) is 1. The summed E-state index contributed by atoms with van der Waals surface area (Å²) < 4.78 is 7.71. The molecule has 4 heterocycles. The lowest BCUT2D eigenvalue weighted by molar-refractivity contribution is 0.0695. The van der Waals surface area contributed by atoms with E-state index in [0.717, 1.165) is 57.5 Å². The van der Waals surface area contributed by atoms with Gasteiger partial charge in [0.1, 0.15) is 17.1 Å². The minimum Gasteiger partial charge on any atom is -0.477 e. The van der Waals surface area contributed by atoms with Gasteiger partial charge in [-0.25, -0.2) is 4.79 Å². The number of carboxylic acids is 1. The van der Waals surface area contributed by atoms with Gasteiger partial charge >= 0.3 is 5.97 Å². The zero-order valence-electron chi connectivity index (χ0n) is 20.2. The van der Waals surface area contributed by atoms with E-state index in [-0.39, 0.29) is 5.56 Å². The number of nitrogens with zero attached hydrogens (tertiary/aromatic N) is 5. The number of pyridine rings is 1. The Morgan fingerprint density at radius 1 is 0.973 bits per heavy atom. The lowest BCUT2D eigenvalue weighted by Crippen LogP contribution is -2.19. The lowest BCUT2D eigenvalue weighted by atomic mass is 10.0. The summed E-state index contributed by atoms with van der Waals surface area (Å²) in [7, 11) is 0. The first kappa shape index (κ1) is 22.9. The van der Waals surface area contributed by atoms with E-state index in [1.54, 1.807) is 16.7 Å². The Balaban J connectivity index is 1.49. The molecule has 2 aromatic heterocycles. The van der Waals surface area contributed by atoms with E-state index in [4.69, 9.17) is 4.42 Å². The van der Waals surface area contributed by atoms with Gasteiger partial charge in [0.15, 0.2) is 11.0 Å².